The number of hydrogen-bond donors (Lipinski definition) is 2. The first-order chi connectivity index (χ1) is 8.71. The molecule has 0 fully saturated rings. The maximum atomic E-state index is 5.75. The monoisotopic (exact) mass is 264 g/mol. The Morgan fingerprint density at radius 2 is 2.28 bits per heavy atom. The molecule has 0 spiro atoms. The summed E-state index contributed by atoms with van der Waals surface area (Å²) in [7, 11) is 0. The van der Waals surface area contributed by atoms with E-state index in [0.29, 0.717) is 0 Å². The molecule has 0 bridgehead atoms. The second kappa shape index (κ2) is 5.65. The zero-order valence-electron chi connectivity index (χ0n) is 11.1. The Morgan fingerprint density at radius 1 is 1.50 bits per heavy atom. The minimum Gasteiger partial charge on any atom is -0.271 e. The molecule has 0 amide bonds. The van der Waals surface area contributed by atoms with Crippen LogP contribution in [-0.2, 0) is 13.0 Å². The normalized spacial score (nSPS) is 12.9. The fourth-order valence-corrected chi connectivity index (χ4v) is 2.91. The van der Waals surface area contributed by atoms with Gasteiger partial charge in [0, 0.05) is 11.4 Å². The van der Waals surface area contributed by atoms with Crippen molar-refractivity contribution in [2.75, 3.05) is 0 Å². The van der Waals surface area contributed by atoms with Gasteiger partial charge in [-0.15, -0.1) is 11.3 Å². The fourth-order valence-electron chi connectivity index (χ4n) is 2.17. The Morgan fingerprint density at radius 3 is 2.78 bits per heavy atom. The molecule has 0 saturated carbocycles. The lowest BCUT2D eigenvalue weighted by Crippen LogP contribution is -2.30. The van der Waals surface area contributed by atoms with Crippen molar-refractivity contribution in [2.45, 2.75) is 39.8 Å². The quantitative estimate of drug-likeness (QED) is 0.644. The molecule has 18 heavy (non-hydrogen) atoms. The summed E-state index contributed by atoms with van der Waals surface area (Å²) in [5.41, 5.74) is 6.40. The van der Waals surface area contributed by atoms with Crippen LogP contribution in [-0.4, -0.2) is 9.78 Å². The molecule has 98 valence electrons. The van der Waals surface area contributed by atoms with E-state index in [-0.39, 0.29) is 6.04 Å². The highest BCUT2D eigenvalue weighted by molar-refractivity contribution is 7.10. The molecule has 5 heteroatoms. The predicted octanol–water partition coefficient (Wildman–Crippen LogP) is 2.39. The van der Waals surface area contributed by atoms with Crippen LogP contribution < -0.4 is 11.3 Å². The predicted molar refractivity (Wildman–Crippen MR) is 75.5 cm³/mol. The second-order valence-electron chi connectivity index (χ2n) is 4.26. The van der Waals surface area contributed by atoms with Crippen LogP contribution in [0.4, 0.5) is 0 Å². The number of hydrogen-bond acceptors (Lipinski definition) is 4. The van der Waals surface area contributed by atoms with Gasteiger partial charge in [-0.2, -0.15) is 5.10 Å². The van der Waals surface area contributed by atoms with E-state index in [0.717, 1.165) is 24.4 Å². The van der Waals surface area contributed by atoms with Gasteiger partial charge in [0.1, 0.15) is 0 Å². The highest BCUT2D eigenvalue weighted by atomic mass is 32.1. The van der Waals surface area contributed by atoms with E-state index in [2.05, 4.69) is 48.8 Å². The van der Waals surface area contributed by atoms with E-state index in [1.807, 2.05) is 4.68 Å². The van der Waals surface area contributed by atoms with Crippen LogP contribution in [0.1, 0.15) is 41.7 Å². The van der Waals surface area contributed by atoms with Crippen molar-refractivity contribution in [2.24, 2.45) is 5.84 Å². The number of thiophene rings is 1. The second-order valence-corrected chi connectivity index (χ2v) is 5.38. The summed E-state index contributed by atoms with van der Waals surface area (Å²) < 4.78 is 2.03. The molecule has 0 aliphatic rings. The molecule has 2 rings (SSSR count). The molecule has 4 nitrogen and oxygen atoms in total. The van der Waals surface area contributed by atoms with Crippen LogP contribution in [0.3, 0.4) is 0 Å². The minimum atomic E-state index is 0.0176. The van der Waals surface area contributed by atoms with Crippen molar-refractivity contribution < 1.29 is 0 Å². The van der Waals surface area contributed by atoms with Gasteiger partial charge in [-0.25, -0.2) is 5.43 Å². The van der Waals surface area contributed by atoms with Crippen LogP contribution in [0.2, 0.25) is 0 Å². The van der Waals surface area contributed by atoms with Gasteiger partial charge >= 0.3 is 0 Å². The Balaban J connectivity index is 2.44. The van der Waals surface area contributed by atoms with Gasteiger partial charge in [0.05, 0.1) is 17.4 Å². The zero-order valence-corrected chi connectivity index (χ0v) is 11.9. The summed E-state index contributed by atoms with van der Waals surface area (Å²) >= 11 is 1.74. The van der Waals surface area contributed by atoms with E-state index in [9.17, 15) is 0 Å². The molecule has 1 unspecified atom stereocenters. The summed E-state index contributed by atoms with van der Waals surface area (Å²) in [6, 6.07) is 4.29. The highest BCUT2D eigenvalue weighted by Crippen LogP contribution is 2.28. The Bertz CT molecular complexity index is 515. The molecule has 0 aromatic carbocycles. The summed E-state index contributed by atoms with van der Waals surface area (Å²) in [5.74, 6) is 5.75. The zero-order chi connectivity index (χ0) is 13.1. The average molecular weight is 264 g/mol. The molecule has 3 N–H and O–H groups in total. The van der Waals surface area contributed by atoms with E-state index < -0.39 is 0 Å². The van der Waals surface area contributed by atoms with E-state index in [1.54, 1.807) is 11.3 Å². The first-order valence-corrected chi connectivity index (χ1v) is 7.15. The molecule has 0 aliphatic heterocycles. The lowest BCUT2D eigenvalue weighted by atomic mass is 10.0. The van der Waals surface area contributed by atoms with Gasteiger partial charge in [0.15, 0.2) is 0 Å². The number of nitrogens with zero attached hydrogens (tertiary/aromatic N) is 2. The van der Waals surface area contributed by atoms with Crippen molar-refractivity contribution in [1.29, 1.82) is 0 Å². The molecule has 2 aromatic rings. The van der Waals surface area contributed by atoms with Crippen molar-refractivity contribution in [3.63, 3.8) is 0 Å². The molecular formula is C13H20N4S. The lowest BCUT2D eigenvalue weighted by molar-refractivity contribution is 0.541. The smallest absolute Gasteiger partial charge is 0.0889 e. The van der Waals surface area contributed by atoms with Gasteiger partial charge in [0.25, 0.3) is 0 Å². The molecular weight excluding hydrogens is 244 g/mol. The third-order valence-corrected chi connectivity index (χ3v) is 4.06. The molecule has 2 heterocycles. The number of aryl methyl sites for hydroxylation is 3. The summed E-state index contributed by atoms with van der Waals surface area (Å²) in [6.45, 7) is 7.20. The molecule has 0 saturated heterocycles. The van der Waals surface area contributed by atoms with Crippen molar-refractivity contribution >= 4 is 11.3 Å². The molecule has 0 aliphatic carbocycles. The standard InChI is InChI=1S/C13H20N4S/c1-4-10-8-12(17(5-2)16-10)13(15-14)11-6-7-18-9(11)3/h6-8,13,15H,4-5,14H2,1-3H3. The molecule has 2 aromatic heterocycles. The minimum absolute atomic E-state index is 0.0176. The van der Waals surface area contributed by atoms with Crippen LogP contribution in [0, 0.1) is 6.92 Å². The average Bonchev–Trinajstić information content (AvgIpc) is 2.98. The maximum Gasteiger partial charge on any atom is 0.0889 e. The highest BCUT2D eigenvalue weighted by Gasteiger charge is 2.20. The van der Waals surface area contributed by atoms with Gasteiger partial charge in [-0.05, 0) is 43.3 Å². The van der Waals surface area contributed by atoms with Crippen molar-refractivity contribution in [3.05, 3.63) is 39.3 Å². The number of rotatable bonds is 5. The largest absolute Gasteiger partial charge is 0.271 e. The topological polar surface area (TPSA) is 55.9 Å². The van der Waals surface area contributed by atoms with Gasteiger partial charge in [0.2, 0.25) is 0 Å². The third kappa shape index (κ3) is 2.34. The molecule has 1 atom stereocenters. The number of hydrazine groups is 1. The summed E-state index contributed by atoms with van der Waals surface area (Å²) in [6.07, 6.45) is 0.944. The SMILES string of the molecule is CCc1cc(C(NN)c2ccsc2C)n(CC)n1. The van der Waals surface area contributed by atoms with Gasteiger partial charge in [-0.1, -0.05) is 6.92 Å². The number of nitrogens with two attached hydrogens (primary N) is 1. The van der Waals surface area contributed by atoms with E-state index >= 15 is 0 Å². The van der Waals surface area contributed by atoms with Crippen LogP contribution in [0.5, 0.6) is 0 Å². The van der Waals surface area contributed by atoms with Gasteiger partial charge in [-0.3, -0.25) is 10.5 Å². The molecule has 0 radical (unpaired) electrons. The Hall–Kier alpha value is -1.17. The fraction of sp³-hybridized carbons (Fsp3) is 0.462. The van der Waals surface area contributed by atoms with Crippen molar-refractivity contribution in [1.82, 2.24) is 15.2 Å². The third-order valence-electron chi connectivity index (χ3n) is 3.20. The number of nitrogens with one attached hydrogen (secondary N) is 1. The first kappa shape index (κ1) is 13.3. The summed E-state index contributed by atoms with van der Waals surface area (Å²) in [5, 5.41) is 6.68. The lowest BCUT2D eigenvalue weighted by Gasteiger charge is -2.17. The first-order valence-electron chi connectivity index (χ1n) is 6.28. The van der Waals surface area contributed by atoms with Crippen LogP contribution in [0.25, 0.3) is 0 Å². The van der Waals surface area contributed by atoms with E-state index in [4.69, 9.17) is 5.84 Å². The Labute approximate surface area is 112 Å². The van der Waals surface area contributed by atoms with Gasteiger partial charge < -0.3 is 0 Å². The summed E-state index contributed by atoms with van der Waals surface area (Å²) in [4.78, 5) is 1.29. The van der Waals surface area contributed by atoms with E-state index in [1.165, 1.54) is 10.4 Å². The Kier molecular flexibility index (Phi) is 4.16. The van der Waals surface area contributed by atoms with Crippen molar-refractivity contribution in [3.8, 4) is 0 Å². The number of aromatic nitrogens is 2. The van der Waals surface area contributed by atoms with Crippen LogP contribution in [0.15, 0.2) is 17.5 Å². The maximum absolute atomic E-state index is 5.75. The van der Waals surface area contributed by atoms with Crippen LogP contribution >= 0.6 is 11.3 Å².